The highest BCUT2D eigenvalue weighted by atomic mass is 16.5. The van der Waals surface area contributed by atoms with Crippen molar-refractivity contribution in [2.45, 2.75) is 33.4 Å². The number of nitrogens with zero attached hydrogens (tertiary/aromatic N) is 3. The maximum atomic E-state index is 12.6. The molecule has 1 aromatic heterocycles. The van der Waals surface area contributed by atoms with E-state index in [-0.39, 0.29) is 24.4 Å². The number of ether oxygens (including phenoxy) is 1. The number of amides is 2. The number of rotatable bonds is 8. The van der Waals surface area contributed by atoms with Crippen molar-refractivity contribution in [2.75, 3.05) is 26.8 Å². The molecule has 1 rings (SSSR count). The lowest BCUT2D eigenvalue weighted by Gasteiger charge is -2.29. The van der Waals surface area contributed by atoms with Crippen LogP contribution in [0.4, 0.5) is 0 Å². The van der Waals surface area contributed by atoms with Crippen molar-refractivity contribution < 1.29 is 14.3 Å². The Bertz CT molecular complexity index is 497. The summed E-state index contributed by atoms with van der Waals surface area (Å²) in [6.45, 7) is 6.89. The van der Waals surface area contributed by atoms with E-state index in [9.17, 15) is 9.59 Å². The number of aromatic nitrogens is 1. The Hall–Kier alpha value is -1.82. The number of carbonyl (C=O) groups excluding carboxylic acids is 2. The maximum absolute atomic E-state index is 12.6. The summed E-state index contributed by atoms with van der Waals surface area (Å²) < 4.78 is 7.07. The number of methoxy groups -OCH3 is 1. The van der Waals surface area contributed by atoms with Crippen LogP contribution < -0.4 is 0 Å². The Kier molecular flexibility index (Phi) is 7.11. The van der Waals surface area contributed by atoms with Crippen molar-refractivity contribution in [1.82, 2.24) is 14.4 Å². The monoisotopic (exact) mass is 309 g/mol. The number of hydrogen-bond donors (Lipinski definition) is 0. The van der Waals surface area contributed by atoms with Gasteiger partial charge in [-0.05, 0) is 26.0 Å². The highest BCUT2D eigenvalue weighted by Gasteiger charge is 2.21. The van der Waals surface area contributed by atoms with Crippen molar-refractivity contribution >= 4 is 11.8 Å². The van der Waals surface area contributed by atoms with Crippen LogP contribution >= 0.6 is 0 Å². The molecule has 0 radical (unpaired) electrons. The summed E-state index contributed by atoms with van der Waals surface area (Å²) in [5.41, 5.74) is 1.04. The van der Waals surface area contributed by atoms with E-state index in [2.05, 4.69) is 0 Å². The molecule has 0 aromatic carbocycles. The first-order chi connectivity index (χ1) is 10.4. The third-order valence-electron chi connectivity index (χ3n) is 3.66. The lowest BCUT2D eigenvalue weighted by atomic mass is 10.3. The molecule has 124 valence electrons. The minimum Gasteiger partial charge on any atom is -0.383 e. The van der Waals surface area contributed by atoms with Crippen molar-refractivity contribution in [2.24, 2.45) is 7.05 Å². The Morgan fingerprint density at radius 2 is 2.05 bits per heavy atom. The maximum Gasteiger partial charge on any atom is 0.242 e. The van der Waals surface area contributed by atoms with Gasteiger partial charge >= 0.3 is 0 Å². The van der Waals surface area contributed by atoms with Crippen molar-refractivity contribution in [3.8, 4) is 0 Å². The molecule has 1 heterocycles. The molecule has 22 heavy (non-hydrogen) atoms. The van der Waals surface area contributed by atoms with E-state index in [1.807, 2.05) is 43.8 Å². The van der Waals surface area contributed by atoms with Gasteiger partial charge in [0, 0.05) is 45.6 Å². The van der Waals surface area contributed by atoms with Gasteiger partial charge in [-0.1, -0.05) is 0 Å². The predicted molar refractivity (Wildman–Crippen MR) is 85.2 cm³/mol. The molecule has 0 unspecified atom stereocenters. The van der Waals surface area contributed by atoms with Crippen LogP contribution in [-0.4, -0.2) is 59.0 Å². The number of hydrogen-bond acceptors (Lipinski definition) is 3. The van der Waals surface area contributed by atoms with E-state index in [4.69, 9.17) is 4.74 Å². The van der Waals surface area contributed by atoms with Crippen LogP contribution in [0.5, 0.6) is 0 Å². The quantitative estimate of drug-likeness (QED) is 0.726. The summed E-state index contributed by atoms with van der Waals surface area (Å²) in [4.78, 5) is 27.5. The molecule has 6 heteroatoms. The lowest BCUT2D eigenvalue weighted by molar-refractivity contribution is -0.141. The Labute approximate surface area is 132 Å². The fraction of sp³-hybridized carbons (Fsp3) is 0.625. The molecule has 0 aliphatic heterocycles. The van der Waals surface area contributed by atoms with Crippen LogP contribution in [-0.2, 0) is 27.9 Å². The molecule has 0 saturated heterocycles. The second-order valence-corrected chi connectivity index (χ2v) is 5.66. The second-order valence-electron chi connectivity index (χ2n) is 5.66. The van der Waals surface area contributed by atoms with E-state index in [1.54, 1.807) is 16.9 Å². The molecule has 0 bridgehead atoms. The zero-order valence-corrected chi connectivity index (χ0v) is 14.2. The summed E-state index contributed by atoms with van der Waals surface area (Å²) in [6.07, 6.45) is 1.95. The van der Waals surface area contributed by atoms with Gasteiger partial charge in [0.2, 0.25) is 11.8 Å². The third-order valence-corrected chi connectivity index (χ3v) is 3.66. The Morgan fingerprint density at radius 3 is 2.50 bits per heavy atom. The molecular weight excluding hydrogens is 282 g/mol. The zero-order chi connectivity index (χ0) is 16.7. The van der Waals surface area contributed by atoms with Crippen LogP contribution in [0.2, 0.25) is 0 Å². The van der Waals surface area contributed by atoms with Crippen molar-refractivity contribution in [3.63, 3.8) is 0 Å². The molecule has 2 amide bonds. The minimum absolute atomic E-state index is 0.000705. The third kappa shape index (κ3) is 5.18. The topological polar surface area (TPSA) is 54.8 Å². The average Bonchev–Trinajstić information content (AvgIpc) is 2.85. The van der Waals surface area contributed by atoms with Gasteiger partial charge in [-0.3, -0.25) is 9.59 Å². The summed E-state index contributed by atoms with van der Waals surface area (Å²) >= 11 is 0. The zero-order valence-electron chi connectivity index (χ0n) is 14.2. The van der Waals surface area contributed by atoms with Crippen LogP contribution in [0.3, 0.4) is 0 Å². The van der Waals surface area contributed by atoms with Gasteiger partial charge in [-0.25, -0.2) is 0 Å². The molecule has 0 saturated carbocycles. The molecule has 0 atom stereocenters. The van der Waals surface area contributed by atoms with Gasteiger partial charge in [0.05, 0.1) is 19.7 Å². The summed E-state index contributed by atoms with van der Waals surface area (Å²) in [5.74, 6) is -0.156. The van der Waals surface area contributed by atoms with Gasteiger partial charge in [-0.2, -0.15) is 0 Å². The predicted octanol–water partition coefficient (Wildman–Crippen LogP) is 1.26. The number of carbonyl (C=O) groups is 2. The number of aryl methyl sites for hydroxylation is 1. The smallest absolute Gasteiger partial charge is 0.242 e. The summed E-state index contributed by atoms with van der Waals surface area (Å²) in [6, 6.07) is 3.93. The van der Waals surface area contributed by atoms with E-state index >= 15 is 0 Å². The van der Waals surface area contributed by atoms with Crippen molar-refractivity contribution in [3.05, 3.63) is 24.0 Å². The first-order valence-corrected chi connectivity index (χ1v) is 7.51. The molecule has 0 aliphatic carbocycles. The summed E-state index contributed by atoms with van der Waals surface area (Å²) in [5, 5.41) is 0. The highest BCUT2D eigenvalue weighted by Crippen LogP contribution is 2.07. The molecule has 0 aliphatic rings. The van der Waals surface area contributed by atoms with Crippen LogP contribution in [0.1, 0.15) is 26.5 Å². The molecular formula is C16H27N3O3. The van der Waals surface area contributed by atoms with Crippen LogP contribution in [0.15, 0.2) is 18.3 Å². The fourth-order valence-corrected chi connectivity index (χ4v) is 2.25. The largest absolute Gasteiger partial charge is 0.383 e. The van der Waals surface area contributed by atoms with Crippen molar-refractivity contribution in [1.29, 1.82) is 0 Å². The molecule has 0 spiro atoms. The second kappa shape index (κ2) is 8.58. The van der Waals surface area contributed by atoms with Gasteiger partial charge in [0.1, 0.15) is 0 Å². The van der Waals surface area contributed by atoms with E-state index < -0.39 is 0 Å². The average molecular weight is 309 g/mol. The van der Waals surface area contributed by atoms with Gasteiger partial charge in [0.15, 0.2) is 0 Å². The molecule has 0 N–H and O–H groups in total. The van der Waals surface area contributed by atoms with Crippen LogP contribution in [0.25, 0.3) is 0 Å². The minimum atomic E-state index is -0.0890. The van der Waals surface area contributed by atoms with Gasteiger partial charge in [-0.15, -0.1) is 0 Å². The van der Waals surface area contributed by atoms with Crippen LogP contribution in [0, 0.1) is 0 Å². The summed E-state index contributed by atoms with van der Waals surface area (Å²) in [7, 11) is 3.56. The Balaban J connectivity index is 2.79. The Morgan fingerprint density at radius 1 is 1.36 bits per heavy atom. The van der Waals surface area contributed by atoms with E-state index in [0.29, 0.717) is 19.7 Å². The van der Waals surface area contributed by atoms with Gasteiger partial charge < -0.3 is 19.1 Å². The normalized spacial score (nSPS) is 10.8. The van der Waals surface area contributed by atoms with E-state index in [1.165, 1.54) is 6.92 Å². The first kappa shape index (κ1) is 18.2. The van der Waals surface area contributed by atoms with E-state index in [0.717, 1.165) is 5.69 Å². The highest BCUT2D eigenvalue weighted by molar-refractivity contribution is 5.84. The fourth-order valence-electron chi connectivity index (χ4n) is 2.25. The SMILES string of the molecule is COCCN(Cc1cccn1C)C(=O)CN(C(C)=O)C(C)C. The standard InChI is InChI=1S/C16H27N3O3/c1-13(2)19(14(3)20)12-16(21)18(9-10-22-5)11-15-7-6-8-17(15)4/h6-8,13H,9-12H2,1-5H3. The van der Waals surface area contributed by atoms with Gasteiger partial charge in [0.25, 0.3) is 0 Å². The first-order valence-electron chi connectivity index (χ1n) is 7.51. The molecule has 6 nitrogen and oxygen atoms in total. The molecule has 0 fully saturated rings. The lowest BCUT2D eigenvalue weighted by Crippen LogP contribution is -2.45. The molecule has 1 aromatic rings.